The molecule has 0 spiro atoms. The molecule has 0 aliphatic carbocycles. The van der Waals surface area contributed by atoms with Crippen molar-refractivity contribution < 1.29 is 0 Å². The highest BCUT2D eigenvalue weighted by Crippen LogP contribution is 2.16. The van der Waals surface area contributed by atoms with Crippen LogP contribution in [0.5, 0.6) is 0 Å². The van der Waals surface area contributed by atoms with E-state index in [2.05, 4.69) is 34.6 Å². The Morgan fingerprint density at radius 3 is 1.55 bits per heavy atom. The molecule has 1 heterocycles. The standard InChI is InChI=1S/C26H50N4S/c1-3-4-5-6-7-8-9-10-11-12-13-14-15-16-17-18-19-20-21-22-23-24-25-31-26-27-28-29-30(26)2/h21-22H,3-20,23-25H2,1-2H3. The van der Waals surface area contributed by atoms with Crippen molar-refractivity contribution in [2.75, 3.05) is 5.75 Å². The number of tetrazole rings is 1. The second kappa shape index (κ2) is 22.4. The van der Waals surface area contributed by atoms with Gasteiger partial charge >= 0.3 is 0 Å². The fourth-order valence-corrected chi connectivity index (χ4v) is 4.74. The summed E-state index contributed by atoms with van der Waals surface area (Å²) < 4.78 is 1.73. The van der Waals surface area contributed by atoms with E-state index in [0.717, 1.165) is 17.3 Å². The van der Waals surface area contributed by atoms with Crippen molar-refractivity contribution in [3.05, 3.63) is 12.2 Å². The third-order valence-electron chi connectivity index (χ3n) is 5.97. The molecule has 0 radical (unpaired) electrons. The highest BCUT2D eigenvalue weighted by Gasteiger charge is 2.01. The Morgan fingerprint density at radius 1 is 0.645 bits per heavy atom. The van der Waals surface area contributed by atoms with E-state index in [4.69, 9.17) is 0 Å². The molecule has 0 bridgehead atoms. The van der Waals surface area contributed by atoms with E-state index in [9.17, 15) is 0 Å². The van der Waals surface area contributed by atoms with E-state index in [1.165, 1.54) is 122 Å². The lowest BCUT2D eigenvalue weighted by atomic mass is 10.0. The van der Waals surface area contributed by atoms with Gasteiger partial charge in [-0.15, -0.1) is 5.10 Å². The van der Waals surface area contributed by atoms with E-state index >= 15 is 0 Å². The molecule has 1 aromatic rings. The molecule has 0 atom stereocenters. The summed E-state index contributed by atoms with van der Waals surface area (Å²) in [6, 6.07) is 0. The SMILES string of the molecule is CCCCCCCCCCCCCCCCCCCC=CCCCSc1nnnn1C. The van der Waals surface area contributed by atoms with E-state index in [1.807, 2.05) is 7.05 Å². The van der Waals surface area contributed by atoms with Crippen LogP contribution in [0.15, 0.2) is 17.3 Å². The first-order valence-electron chi connectivity index (χ1n) is 13.3. The number of hydrogen-bond acceptors (Lipinski definition) is 4. The smallest absolute Gasteiger partial charge is 0.209 e. The Balaban J connectivity index is 1.69. The lowest BCUT2D eigenvalue weighted by molar-refractivity contribution is 0.527. The summed E-state index contributed by atoms with van der Waals surface area (Å²) >= 11 is 1.74. The lowest BCUT2D eigenvalue weighted by Crippen LogP contribution is -1.93. The van der Waals surface area contributed by atoms with Crippen LogP contribution in [0, 0.1) is 0 Å². The molecule has 31 heavy (non-hydrogen) atoms. The molecule has 0 saturated heterocycles. The van der Waals surface area contributed by atoms with Crippen molar-refractivity contribution in [1.29, 1.82) is 0 Å². The van der Waals surface area contributed by atoms with Gasteiger partial charge in [-0.25, -0.2) is 4.68 Å². The van der Waals surface area contributed by atoms with Crippen LogP contribution in [0.4, 0.5) is 0 Å². The normalized spacial score (nSPS) is 11.7. The van der Waals surface area contributed by atoms with Crippen LogP contribution in [0.3, 0.4) is 0 Å². The average molecular weight is 451 g/mol. The Morgan fingerprint density at radius 2 is 1.10 bits per heavy atom. The number of rotatable bonds is 23. The molecule has 1 aromatic heterocycles. The molecule has 5 heteroatoms. The van der Waals surface area contributed by atoms with Crippen molar-refractivity contribution in [2.24, 2.45) is 7.05 Å². The van der Waals surface area contributed by atoms with Crippen LogP contribution in [0.25, 0.3) is 0 Å². The molecule has 0 saturated carbocycles. The van der Waals surface area contributed by atoms with E-state index < -0.39 is 0 Å². The summed E-state index contributed by atoms with van der Waals surface area (Å²) in [5.74, 6) is 1.08. The van der Waals surface area contributed by atoms with Crippen LogP contribution in [0.1, 0.15) is 135 Å². The Labute approximate surface area is 197 Å². The predicted octanol–water partition coefficient (Wildman–Crippen LogP) is 8.68. The first-order chi connectivity index (χ1) is 15.3. The van der Waals surface area contributed by atoms with Gasteiger partial charge in [0.15, 0.2) is 0 Å². The Bertz CT molecular complexity index is 515. The lowest BCUT2D eigenvalue weighted by Gasteiger charge is -2.03. The number of allylic oxidation sites excluding steroid dienone is 2. The van der Waals surface area contributed by atoms with Gasteiger partial charge in [-0.05, 0) is 36.1 Å². The van der Waals surface area contributed by atoms with Crippen LogP contribution in [-0.4, -0.2) is 26.0 Å². The number of unbranched alkanes of at least 4 members (excludes halogenated alkanes) is 18. The molecular weight excluding hydrogens is 400 g/mol. The number of aromatic nitrogens is 4. The molecule has 0 unspecified atom stereocenters. The molecule has 0 amide bonds. The molecule has 180 valence electrons. The van der Waals surface area contributed by atoms with Crippen molar-refractivity contribution in [3.8, 4) is 0 Å². The zero-order valence-corrected chi connectivity index (χ0v) is 21.5. The van der Waals surface area contributed by atoms with Gasteiger partial charge in [0.25, 0.3) is 0 Å². The second-order valence-electron chi connectivity index (χ2n) is 8.99. The van der Waals surface area contributed by atoms with E-state index in [-0.39, 0.29) is 0 Å². The minimum Gasteiger partial charge on any atom is -0.224 e. The maximum atomic E-state index is 3.99. The van der Waals surface area contributed by atoms with Crippen LogP contribution in [0.2, 0.25) is 0 Å². The summed E-state index contributed by atoms with van der Waals surface area (Å²) in [7, 11) is 1.89. The summed E-state index contributed by atoms with van der Waals surface area (Å²) in [5, 5.41) is 12.4. The van der Waals surface area contributed by atoms with E-state index in [0.29, 0.717) is 0 Å². The average Bonchev–Trinajstić information content (AvgIpc) is 3.19. The number of aryl methyl sites for hydroxylation is 1. The summed E-state index contributed by atoms with van der Waals surface area (Å²) in [5.41, 5.74) is 0. The van der Waals surface area contributed by atoms with Gasteiger partial charge in [-0.2, -0.15) is 0 Å². The Hall–Kier alpha value is -0.840. The Kier molecular flexibility index (Phi) is 20.3. The zero-order valence-electron chi connectivity index (χ0n) is 20.7. The van der Waals surface area contributed by atoms with Gasteiger partial charge < -0.3 is 0 Å². The van der Waals surface area contributed by atoms with Gasteiger partial charge in [0.1, 0.15) is 0 Å². The maximum absolute atomic E-state index is 3.99. The minimum absolute atomic E-state index is 0.910. The van der Waals surface area contributed by atoms with Gasteiger partial charge in [-0.1, -0.05) is 134 Å². The highest BCUT2D eigenvalue weighted by atomic mass is 32.2. The second-order valence-corrected chi connectivity index (χ2v) is 10.1. The third-order valence-corrected chi connectivity index (χ3v) is 7.07. The quantitative estimate of drug-likeness (QED) is 0.0950. The van der Waals surface area contributed by atoms with Gasteiger partial charge in [0, 0.05) is 12.8 Å². The first-order valence-corrected chi connectivity index (χ1v) is 14.3. The molecule has 0 N–H and O–H groups in total. The van der Waals surface area contributed by atoms with Crippen molar-refractivity contribution in [3.63, 3.8) is 0 Å². The molecule has 0 aliphatic rings. The van der Waals surface area contributed by atoms with Gasteiger partial charge in [0.2, 0.25) is 5.16 Å². The maximum Gasteiger partial charge on any atom is 0.209 e. The van der Waals surface area contributed by atoms with E-state index in [1.54, 1.807) is 16.4 Å². The molecule has 1 rings (SSSR count). The van der Waals surface area contributed by atoms with Gasteiger partial charge in [-0.3, -0.25) is 0 Å². The summed E-state index contributed by atoms with van der Waals surface area (Å²) in [4.78, 5) is 0. The fourth-order valence-electron chi connectivity index (χ4n) is 3.93. The fraction of sp³-hybridized carbons (Fsp3) is 0.885. The van der Waals surface area contributed by atoms with Crippen LogP contribution in [-0.2, 0) is 7.05 Å². The number of nitrogens with zero attached hydrogens (tertiary/aromatic N) is 4. The molecule has 4 nitrogen and oxygen atoms in total. The van der Waals surface area contributed by atoms with Crippen LogP contribution < -0.4 is 0 Å². The van der Waals surface area contributed by atoms with Crippen LogP contribution >= 0.6 is 11.8 Å². The number of thioether (sulfide) groups is 1. The zero-order chi connectivity index (χ0) is 22.2. The number of hydrogen-bond donors (Lipinski definition) is 0. The minimum atomic E-state index is 0.910. The summed E-state index contributed by atoms with van der Waals surface area (Å²) in [6.07, 6.45) is 32.9. The topological polar surface area (TPSA) is 43.6 Å². The largest absolute Gasteiger partial charge is 0.224 e. The predicted molar refractivity (Wildman–Crippen MR) is 137 cm³/mol. The first kappa shape index (κ1) is 28.2. The van der Waals surface area contributed by atoms with Crippen molar-refractivity contribution in [2.45, 2.75) is 140 Å². The van der Waals surface area contributed by atoms with Crippen molar-refractivity contribution >= 4 is 11.8 Å². The molecule has 0 aromatic carbocycles. The monoisotopic (exact) mass is 450 g/mol. The molecule has 0 fully saturated rings. The summed E-state index contributed by atoms with van der Waals surface area (Å²) in [6.45, 7) is 2.30. The third kappa shape index (κ3) is 18.4. The van der Waals surface area contributed by atoms with Crippen molar-refractivity contribution in [1.82, 2.24) is 20.2 Å². The molecule has 0 aliphatic heterocycles. The highest BCUT2D eigenvalue weighted by molar-refractivity contribution is 7.99. The van der Waals surface area contributed by atoms with Gasteiger partial charge in [0.05, 0.1) is 0 Å². The molecular formula is C26H50N4S.